The third kappa shape index (κ3) is 4.29. The summed E-state index contributed by atoms with van der Waals surface area (Å²) in [5.74, 6) is -0.939. The minimum atomic E-state index is -1.00. The smallest absolute Gasteiger partial charge is 0.304 e. The first-order valence-corrected chi connectivity index (χ1v) is 6.60. The molecule has 0 fully saturated rings. The Kier molecular flexibility index (Phi) is 5.61. The van der Waals surface area contributed by atoms with Crippen molar-refractivity contribution in [2.75, 3.05) is 0 Å². The lowest BCUT2D eigenvalue weighted by Gasteiger charge is -2.17. The standard InChI is InChI=1S/C14H19FN2O3/c1-4-9(2)7-10(3)16-14(18)11-5-6-13(17(19)20)12(15)8-11/h5-6,8-10H,4,7H2,1-3H3,(H,16,18). The lowest BCUT2D eigenvalue weighted by atomic mass is 10.00. The van der Waals surface area contributed by atoms with Crippen LogP contribution in [0.1, 0.15) is 44.0 Å². The zero-order valence-corrected chi connectivity index (χ0v) is 11.9. The molecule has 0 aliphatic heterocycles. The second-order valence-corrected chi connectivity index (χ2v) is 5.05. The van der Waals surface area contributed by atoms with Crippen LogP contribution in [0.4, 0.5) is 10.1 Å². The van der Waals surface area contributed by atoms with Crippen LogP contribution in [0.2, 0.25) is 0 Å². The van der Waals surface area contributed by atoms with Gasteiger partial charge in [-0.2, -0.15) is 4.39 Å². The summed E-state index contributed by atoms with van der Waals surface area (Å²) in [5.41, 5.74) is -0.543. The van der Waals surface area contributed by atoms with Gasteiger partial charge >= 0.3 is 5.69 Å². The van der Waals surface area contributed by atoms with E-state index in [1.54, 1.807) is 0 Å². The van der Waals surface area contributed by atoms with Gasteiger partial charge in [-0.15, -0.1) is 0 Å². The minimum absolute atomic E-state index is 0.0318. The summed E-state index contributed by atoms with van der Waals surface area (Å²) in [6.07, 6.45) is 1.85. The van der Waals surface area contributed by atoms with Crippen LogP contribution in [-0.4, -0.2) is 16.9 Å². The Morgan fingerprint density at radius 1 is 1.45 bits per heavy atom. The van der Waals surface area contributed by atoms with E-state index in [9.17, 15) is 19.3 Å². The molecular weight excluding hydrogens is 263 g/mol. The maximum Gasteiger partial charge on any atom is 0.304 e. The maximum absolute atomic E-state index is 13.4. The number of nitrogens with one attached hydrogen (secondary N) is 1. The summed E-state index contributed by atoms with van der Waals surface area (Å²) in [4.78, 5) is 21.6. The summed E-state index contributed by atoms with van der Waals surface area (Å²) in [6.45, 7) is 6.05. The molecule has 0 saturated heterocycles. The van der Waals surface area contributed by atoms with Crippen LogP contribution < -0.4 is 5.32 Å². The quantitative estimate of drug-likeness (QED) is 0.642. The molecule has 0 bridgehead atoms. The van der Waals surface area contributed by atoms with Crippen molar-refractivity contribution in [2.24, 2.45) is 5.92 Å². The van der Waals surface area contributed by atoms with Gasteiger partial charge in [0.1, 0.15) is 0 Å². The Morgan fingerprint density at radius 3 is 2.60 bits per heavy atom. The average molecular weight is 282 g/mol. The Balaban J connectivity index is 2.73. The molecule has 0 spiro atoms. The molecule has 1 N–H and O–H groups in total. The van der Waals surface area contributed by atoms with Crippen molar-refractivity contribution in [2.45, 2.75) is 39.7 Å². The number of nitro benzene ring substituents is 1. The second kappa shape index (κ2) is 6.98. The first-order valence-electron chi connectivity index (χ1n) is 6.60. The topological polar surface area (TPSA) is 72.2 Å². The van der Waals surface area contributed by atoms with Gasteiger partial charge in [0.15, 0.2) is 0 Å². The first kappa shape index (κ1) is 16.1. The van der Waals surface area contributed by atoms with Crippen LogP contribution >= 0.6 is 0 Å². The van der Waals surface area contributed by atoms with Gasteiger partial charge in [0.2, 0.25) is 5.82 Å². The third-order valence-corrected chi connectivity index (χ3v) is 3.24. The van der Waals surface area contributed by atoms with E-state index in [-0.39, 0.29) is 11.6 Å². The molecule has 2 unspecified atom stereocenters. The number of carbonyl (C=O) groups excluding carboxylic acids is 1. The van der Waals surface area contributed by atoms with E-state index in [1.165, 1.54) is 6.07 Å². The molecule has 5 nitrogen and oxygen atoms in total. The minimum Gasteiger partial charge on any atom is -0.350 e. The highest BCUT2D eigenvalue weighted by Crippen LogP contribution is 2.18. The fourth-order valence-electron chi connectivity index (χ4n) is 1.93. The Labute approximate surface area is 117 Å². The van der Waals surface area contributed by atoms with Gasteiger partial charge in [0, 0.05) is 17.7 Å². The number of hydrogen-bond acceptors (Lipinski definition) is 3. The lowest BCUT2D eigenvalue weighted by Crippen LogP contribution is -2.33. The highest BCUT2D eigenvalue weighted by molar-refractivity contribution is 5.94. The lowest BCUT2D eigenvalue weighted by molar-refractivity contribution is -0.387. The van der Waals surface area contributed by atoms with E-state index in [1.807, 2.05) is 6.92 Å². The van der Waals surface area contributed by atoms with Crippen LogP contribution in [0.5, 0.6) is 0 Å². The van der Waals surface area contributed by atoms with Crippen LogP contribution in [0.15, 0.2) is 18.2 Å². The number of halogens is 1. The highest BCUT2D eigenvalue weighted by atomic mass is 19.1. The molecular formula is C14H19FN2O3. The van der Waals surface area contributed by atoms with Gasteiger partial charge in [0.25, 0.3) is 5.91 Å². The first-order chi connectivity index (χ1) is 9.35. The summed E-state index contributed by atoms with van der Waals surface area (Å²) in [5, 5.41) is 13.3. The number of benzene rings is 1. The van der Waals surface area contributed by atoms with Crippen molar-refractivity contribution < 1.29 is 14.1 Å². The van der Waals surface area contributed by atoms with Gasteiger partial charge in [-0.1, -0.05) is 20.3 Å². The number of rotatable bonds is 6. The molecule has 0 saturated carbocycles. The molecule has 1 amide bonds. The molecule has 2 atom stereocenters. The zero-order chi connectivity index (χ0) is 15.3. The zero-order valence-electron chi connectivity index (χ0n) is 11.9. The summed E-state index contributed by atoms with van der Waals surface area (Å²) in [7, 11) is 0. The summed E-state index contributed by atoms with van der Waals surface area (Å²) in [6, 6.07) is 3.12. The molecule has 1 aromatic carbocycles. The second-order valence-electron chi connectivity index (χ2n) is 5.05. The number of nitrogens with zero attached hydrogens (tertiary/aromatic N) is 1. The van der Waals surface area contributed by atoms with Crippen molar-refractivity contribution in [3.63, 3.8) is 0 Å². The fourth-order valence-corrected chi connectivity index (χ4v) is 1.93. The number of hydrogen-bond donors (Lipinski definition) is 1. The van der Waals surface area contributed by atoms with Gasteiger partial charge in [0.05, 0.1) is 4.92 Å². The van der Waals surface area contributed by atoms with Crippen LogP contribution in [-0.2, 0) is 0 Å². The fraction of sp³-hybridized carbons (Fsp3) is 0.500. The van der Waals surface area contributed by atoms with Crippen molar-refractivity contribution in [1.29, 1.82) is 0 Å². The molecule has 0 heterocycles. The van der Waals surface area contributed by atoms with E-state index < -0.39 is 22.3 Å². The predicted molar refractivity (Wildman–Crippen MR) is 74.1 cm³/mol. The number of carbonyl (C=O) groups is 1. The van der Waals surface area contributed by atoms with E-state index in [4.69, 9.17) is 0 Å². The largest absolute Gasteiger partial charge is 0.350 e. The predicted octanol–water partition coefficient (Wildman–Crippen LogP) is 3.29. The monoisotopic (exact) mass is 282 g/mol. The summed E-state index contributed by atoms with van der Waals surface area (Å²) < 4.78 is 13.4. The maximum atomic E-state index is 13.4. The Bertz CT molecular complexity index is 505. The van der Waals surface area contributed by atoms with E-state index in [2.05, 4.69) is 19.2 Å². The van der Waals surface area contributed by atoms with Gasteiger partial charge in [-0.25, -0.2) is 0 Å². The molecule has 0 radical (unpaired) electrons. The molecule has 20 heavy (non-hydrogen) atoms. The van der Waals surface area contributed by atoms with E-state index >= 15 is 0 Å². The molecule has 6 heteroatoms. The van der Waals surface area contributed by atoms with Gasteiger partial charge < -0.3 is 5.32 Å². The highest BCUT2D eigenvalue weighted by Gasteiger charge is 2.18. The van der Waals surface area contributed by atoms with E-state index in [0.717, 1.165) is 25.0 Å². The van der Waals surface area contributed by atoms with Crippen LogP contribution in [0, 0.1) is 21.8 Å². The average Bonchev–Trinajstić information content (AvgIpc) is 2.37. The van der Waals surface area contributed by atoms with Crippen LogP contribution in [0.3, 0.4) is 0 Å². The SMILES string of the molecule is CCC(C)CC(C)NC(=O)c1ccc([N+](=O)[O-])c(F)c1. The Hall–Kier alpha value is -1.98. The molecule has 0 aliphatic rings. The third-order valence-electron chi connectivity index (χ3n) is 3.24. The van der Waals surface area contributed by atoms with Crippen molar-refractivity contribution >= 4 is 11.6 Å². The Morgan fingerprint density at radius 2 is 2.10 bits per heavy atom. The number of amides is 1. The normalized spacial score (nSPS) is 13.6. The van der Waals surface area contributed by atoms with Crippen molar-refractivity contribution in [1.82, 2.24) is 5.32 Å². The number of nitro groups is 1. The summed E-state index contributed by atoms with van der Waals surface area (Å²) >= 11 is 0. The molecule has 1 rings (SSSR count). The van der Waals surface area contributed by atoms with Gasteiger partial charge in [-0.05, 0) is 31.4 Å². The van der Waals surface area contributed by atoms with E-state index in [0.29, 0.717) is 5.92 Å². The molecule has 110 valence electrons. The van der Waals surface area contributed by atoms with Gasteiger partial charge in [-0.3, -0.25) is 14.9 Å². The molecule has 0 aromatic heterocycles. The molecule has 1 aromatic rings. The van der Waals surface area contributed by atoms with Crippen molar-refractivity contribution in [3.8, 4) is 0 Å². The molecule has 0 aliphatic carbocycles. The van der Waals surface area contributed by atoms with Crippen LogP contribution in [0.25, 0.3) is 0 Å². The van der Waals surface area contributed by atoms with Crippen molar-refractivity contribution in [3.05, 3.63) is 39.7 Å².